The first-order chi connectivity index (χ1) is 24.4. The standard InChI is InChI=1S/C36H45FN4O10S2/c1-34(2,3)49-31(43)29-30(52-21-38-29)41(20-22-11-14-25(48-10)15-12-22)53(46,47)26-16-13-23(27(37)19-26)17-24(42)18-28(39-32(44)50-35(4,5)6)40-33(45)51-36(7,8)9/h11-16,18-19,21H,17,20H2,1-10H3,(H,39,44)(H,40,45). The normalized spacial score (nSPS) is 11.9. The van der Waals surface area contributed by atoms with E-state index < -0.39 is 73.7 Å². The van der Waals surface area contributed by atoms with Crippen molar-refractivity contribution < 1.29 is 50.9 Å². The number of carbonyl (C=O) groups is 4. The van der Waals surface area contributed by atoms with Crippen molar-refractivity contribution in [1.82, 2.24) is 15.6 Å². The van der Waals surface area contributed by atoms with E-state index in [2.05, 4.69) is 15.6 Å². The van der Waals surface area contributed by atoms with Crippen molar-refractivity contribution >= 4 is 50.3 Å². The molecule has 53 heavy (non-hydrogen) atoms. The first-order valence-corrected chi connectivity index (χ1v) is 18.5. The van der Waals surface area contributed by atoms with E-state index in [0.29, 0.717) is 11.3 Å². The third kappa shape index (κ3) is 13.2. The molecule has 0 aliphatic rings. The minimum absolute atomic E-state index is 0.0534. The van der Waals surface area contributed by atoms with Crippen molar-refractivity contribution in [3.63, 3.8) is 0 Å². The Balaban J connectivity index is 1.97. The van der Waals surface area contributed by atoms with Crippen LogP contribution < -0.4 is 19.7 Å². The summed E-state index contributed by atoms with van der Waals surface area (Å²) in [6.07, 6.45) is -1.70. The van der Waals surface area contributed by atoms with Gasteiger partial charge in [0.2, 0.25) is 0 Å². The van der Waals surface area contributed by atoms with E-state index in [1.165, 1.54) is 12.6 Å². The number of hydrogen-bond acceptors (Lipinski definition) is 12. The van der Waals surface area contributed by atoms with Gasteiger partial charge in [0.25, 0.3) is 10.0 Å². The predicted molar refractivity (Wildman–Crippen MR) is 196 cm³/mol. The fourth-order valence-corrected chi connectivity index (χ4v) is 6.82. The van der Waals surface area contributed by atoms with Crippen LogP contribution in [0.2, 0.25) is 0 Å². The number of anilines is 1. The van der Waals surface area contributed by atoms with Gasteiger partial charge in [0.15, 0.2) is 11.5 Å². The van der Waals surface area contributed by atoms with Crippen molar-refractivity contribution in [1.29, 1.82) is 0 Å². The van der Waals surface area contributed by atoms with Gasteiger partial charge in [-0.05, 0) is 97.7 Å². The molecule has 1 heterocycles. The molecule has 2 N–H and O–H groups in total. The van der Waals surface area contributed by atoms with Crippen molar-refractivity contribution in [2.45, 2.75) is 97.0 Å². The number of nitrogens with zero attached hydrogens (tertiary/aromatic N) is 2. The Morgan fingerprint density at radius 2 is 1.40 bits per heavy atom. The van der Waals surface area contributed by atoms with Crippen LogP contribution in [0.3, 0.4) is 0 Å². The summed E-state index contributed by atoms with van der Waals surface area (Å²) < 4.78 is 66.1. The minimum atomic E-state index is -4.58. The van der Waals surface area contributed by atoms with E-state index in [9.17, 15) is 27.6 Å². The predicted octanol–water partition coefficient (Wildman–Crippen LogP) is 6.64. The van der Waals surface area contributed by atoms with Crippen molar-refractivity contribution in [2.75, 3.05) is 11.4 Å². The molecule has 0 aliphatic heterocycles. The lowest BCUT2D eigenvalue weighted by molar-refractivity contribution is -0.114. The maximum atomic E-state index is 15.6. The summed E-state index contributed by atoms with van der Waals surface area (Å²) in [6.45, 7) is 14.4. The molecule has 0 fully saturated rings. The quantitative estimate of drug-likeness (QED) is 0.114. The highest BCUT2D eigenvalue weighted by Gasteiger charge is 2.33. The first kappa shape index (κ1) is 42.4. The maximum absolute atomic E-state index is 15.6. The Morgan fingerprint density at radius 1 is 0.849 bits per heavy atom. The molecule has 14 nitrogen and oxygen atoms in total. The highest BCUT2D eigenvalue weighted by Crippen LogP contribution is 2.34. The molecule has 0 bridgehead atoms. The van der Waals surface area contributed by atoms with Crippen LogP contribution in [0.25, 0.3) is 0 Å². The number of benzene rings is 2. The third-order valence-electron chi connectivity index (χ3n) is 6.41. The van der Waals surface area contributed by atoms with E-state index in [4.69, 9.17) is 18.9 Å². The second kappa shape index (κ2) is 16.8. The van der Waals surface area contributed by atoms with Crippen LogP contribution in [-0.2, 0) is 42.0 Å². The topological polar surface area (TPSA) is 180 Å². The molecule has 0 atom stereocenters. The Kier molecular flexibility index (Phi) is 13.4. The van der Waals surface area contributed by atoms with Crippen LogP contribution in [0, 0.1) is 5.82 Å². The van der Waals surface area contributed by atoms with E-state index in [0.717, 1.165) is 39.9 Å². The number of thiazole rings is 1. The van der Waals surface area contributed by atoms with Crippen molar-refractivity contribution in [2.24, 2.45) is 0 Å². The van der Waals surface area contributed by atoms with Crippen LogP contribution in [0.4, 0.5) is 19.0 Å². The summed E-state index contributed by atoms with van der Waals surface area (Å²) >= 11 is 0.883. The fraction of sp³-hybridized carbons (Fsp3) is 0.417. The zero-order valence-corrected chi connectivity index (χ0v) is 32.9. The molecule has 0 radical (unpaired) electrons. The molecule has 0 spiro atoms. The molecule has 2 aromatic carbocycles. The summed E-state index contributed by atoms with van der Waals surface area (Å²) in [5, 5.41) is 4.49. The molecular formula is C36H45FN4O10S2. The third-order valence-corrected chi connectivity index (χ3v) is 9.11. The Morgan fingerprint density at radius 3 is 1.89 bits per heavy atom. The van der Waals surface area contributed by atoms with Crippen LogP contribution in [0.15, 0.2) is 64.8 Å². The van der Waals surface area contributed by atoms with Gasteiger partial charge in [-0.2, -0.15) is 0 Å². The Labute approximate surface area is 312 Å². The zero-order chi connectivity index (χ0) is 39.9. The number of allylic oxidation sites excluding steroid dienone is 1. The molecular weight excluding hydrogens is 732 g/mol. The molecule has 2 amide bonds. The number of ether oxygens (including phenoxy) is 4. The van der Waals surface area contributed by atoms with Gasteiger partial charge in [0, 0.05) is 12.5 Å². The van der Waals surface area contributed by atoms with Crippen LogP contribution in [0.1, 0.15) is 83.9 Å². The van der Waals surface area contributed by atoms with Gasteiger partial charge in [-0.15, -0.1) is 11.3 Å². The largest absolute Gasteiger partial charge is 0.497 e. The van der Waals surface area contributed by atoms with E-state index in [1.54, 1.807) is 86.6 Å². The fourth-order valence-electron chi connectivity index (χ4n) is 4.34. The molecule has 288 valence electrons. The number of ketones is 1. The number of nitrogens with one attached hydrogen (secondary N) is 2. The number of esters is 1. The molecule has 0 saturated heterocycles. The SMILES string of the molecule is COc1ccc(CN(c2scnc2C(=O)OC(C)(C)C)S(=O)(=O)c2ccc(CC(=O)C=C(NC(=O)OC(C)(C)C)NC(=O)OC(C)(C)C)c(F)c2)cc1. The van der Waals surface area contributed by atoms with Gasteiger partial charge in [0.05, 0.1) is 24.1 Å². The number of methoxy groups -OCH3 is 1. The highest BCUT2D eigenvalue weighted by molar-refractivity contribution is 7.93. The molecule has 0 saturated carbocycles. The van der Waals surface area contributed by atoms with Gasteiger partial charge in [-0.3, -0.25) is 19.7 Å². The van der Waals surface area contributed by atoms with E-state index >= 15 is 4.39 Å². The molecule has 1 aromatic heterocycles. The summed E-state index contributed by atoms with van der Waals surface area (Å²) in [4.78, 5) is 54.7. The number of rotatable bonds is 12. The second-order valence-corrected chi connectivity index (χ2v) is 17.3. The lowest BCUT2D eigenvalue weighted by Crippen LogP contribution is -2.40. The number of amides is 2. The number of aromatic nitrogens is 1. The molecule has 17 heteroatoms. The first-order valence-electron chi connectivity index (χ1n) is 16.2. The lowest BCUT2D eigenvalue weighted by atomic mass is 10.1. The molecule has 0 unspecified atom stereocenters. The van der Waals surface area contributed by atoms with Gasteiger partial charge in [-0.25, -0.2) is 32.2 Å². The zero-order valence-electron chi connectivity index (χ0n) is 31.3. The molecule has 3 aromatic rings. The number of sulfonamides is 1. The van der Waals surface area contributed by atoms with Crippen LogP contribution in [-0.4, -0.2) is 61.3 Å². The van der Waals surface area contributed by atoms with E-state index in [-0.39, 0.29) is 22.8 Å². The average Bonchev–Trinajstić information content (AvgIpc) is 3.48. The summed E-state index contributed by atoms with van der Waals surface area (Å²) in [5.74, 6) is -2.51. The number of alkyl carbamates (subject to hydrolysis) is 2. The number of hydrogen-bond donors (Lipinski definition) is 2. The highest BCUT2D eigenvalue weighted by atomic mass is 32.2. The van der Waals surface area contributed by atoms with Crippen molar-refractivity contribution in [3.8, 4) is 5.75 Å². The summed E-state index contributed by atoms with van der Waals surface area (Å²) in [7, 11) is -3.09. The van der Waals surface area contributed by atoms with Crippen LogP contribution in [0.5, 0.6) is 5.75 Å². The van der Waals surface area contributed by atoms with Crippen LogP contribution >= 0.6 is 11.3 Å². The molecule has 0 aliphatic carbocycles. The Hall–Kier alpha value is -5.03. The smallest absolute Gasteiger partial charge is 0.413 e. The monoisotopic (exact) mass is 776 g/mol. The number of carbonyl (C=O) groups excluding carboxylic acids is 4. The minimum Gasteiger partial charge on any atom is -0.497 e. The maximum Gasteiger partial charge on any atom is 0.413 e. The van der Waals surface area contributed by atoms with Crippen molar-refractivity contribution in [3.05, 3.63) is 82.5 Å². The van der Waals surface area contributed by atoms with Gasteiger partial charge >= 0.3 is 18.2 Å². The second-order valence-electron chi connectivity index (χ2n) is 14.6. The Bertz CT molecular complexity index is 1920. The van der Waals surface area contributed by atoms with Gasteiger partial charge in [-0.1, -0.05) is 18.2 Å². The van der Waals surface area contributed by atoms with Gasteiger partial charge < -0.3 is 18.9 Å². The van der Waals surface area contributed by atoms with E-state index in [1.807, 2.05) is 0 Å². The number of halogens is 1. The summed E-state index contributed by atoms with van der Waals surface area (Å²) in [6, 6.07) is 9.57. The summed E-state index contributed by atoms with van der Waals surface area (Å²) in [5.41, 5.74) is -1.32. The molecule has 3 rings (SSSR count). The van der Waals surface area contributed by atoms with Gasteiger partial charge in [0.1, 0.15) is 39.2 Å². The lowest BCUT2D eigenvalue weighted by Gasteiger charge is -2.25. The average molecular weight is 777 g/mol.